The zero-order valence-electron chi connectivity index (χ0n) is 10.8. The summed E-state index contributed by atoms with van der Waals surface area (Å²) in [6.45, 7) is 3.46. The molecule has 0 fully saturated rings. The summed E-state index contributed by atoms with van der Waals surface area (Å²) in [5, 5.41) is 9.13. The molecule has 0 unspecified atom stereocenters. The molecule has 0 aliphatic heterocycles. The average molecular weight is 365 g/mol. The summed E-state index contributed by atoms with van der Waals surface area (Å²) in [4.78, 5) is 11.0. The fourth-order valence-corrected chi connectivity index (χ4v) is 3.63. The number of methoxy groups -OCH3 is 2. The standard InChI is InChI=1S/C12H13BrO6S/c1-7(13)6-20(16,17)8-4-9(12(14)15)11(19-3)10(5-8)18-2/h4-5H,1,6H2,2-3H3,(H,14,15). The summed E-state index contributed by atoms with van der Waals surface area (Å²) in [7, 11) is -1.15. The van der Waals surface area contributed by atoms with Gasteiger partial charge in [-0.1, -0.05) is 22.5 Å². The molecule has 20 heavy (non-hydrogen) atoms. The second-order valence-electron chi connectivity index (χ2n) is 3.79. The van der Waals surface area contributed by atoms with Gasteiger partial charge in [0.15, 0.2) is 21.3 Å². The molecule has 110 valence electrons. The van der Waals surface area contributed by atoms with Crippen molar-refractivity contribution in [2.24, 2.45) is 0 Å². The highest BCUT2D eigenvalue weighted by Crippen LogP contribution is 2.34. The van der Waals surface area contributed by atoms with E-state index in [1.807, 2.05) is 0 Å². The molecular weight excluding hydrogens is 352 g/mol. The number of hydrogen-bond donors (Lipinski definition) is 1. The van der Waals surface area contributed by atoms with Crippen LogP contribution in [0.5, 0.6) is 11.5 Å². The molecule has 0 heterocycles. The number of halogens is 1. The van der Waals surface area contributed by atoms with Gasteiger partial charge in [0, 0.05) is 10.5 Å². The highest BCUT2D eigenvalue weighted by molar-refractivity contribution is 9.11. The third-order valence-corrected chi connectivity index (χ3v) is 4.72. The van der Waals surface area contributed by atoms with E-state index < -0.39 is 15.8 Å². The summed E-state index contributed by atoms with van der Waals surface area (Å²) >= 11 is 2.97. The van der Waals surface area contributed by atoms with Gasteiger partial charge in [-0.25, -0.2) is 13.2 Å². The Hall–Kier alpha value is -1.54. The second-order valence-corrected chi connectivity index (χ2v) is 6.90. The van der Waals surface area contributed by atoms with Crippen LogP contribution in [0.2, 0.25) is 0 Å². The number of carboxylic acid groups (broad SMARTS) is 1. The van der Waals surface area contributed by atoms with Gasteiger partial charge >= 0.3 is 5.97 Å². The molecule has 0 spiro atoms. The number of ether oxygens (including phenoxy) is 2. The maximum absolute atomic E-state index is 12.1. The number of hydrogen-bond acceptors (Lipinski definition) is 5. The number of rotatable bonds is 6. The first-order valence-corrected chi connectivity index (χ1v) is 7.72. The Balaban J connectivity index is 3.55. The molecule has 0 atom stereocenters. The summed E-state index contributed by atoms with van der Waals surface area (Å²) in [6, 6.07) is 2.26. The molecule has 1 aromatic carbocycles. The smallest absolute Gasteiger partial charge is 0.339 e. The topological polar surface area (TPSA) is 89.9 Å². The van der Waals surface area contributed by atoms with Crippen LogP contribution < -0.4 is 9.47 Å². The molecule has 0 aliphatic rings. The summed E-state index contributed by atoms with van der Waals surface area (Å²) in [5.74, 6) is -1.65. The fraction of sp³-hybridized carbons (Fsp3) is 0.250. The Labute approximate surface area is 125 Å². The van der Waals surface area contributed by atoms with E-state index in [0.717, 1.165) is 6.07 Å². The molecule has 0 bridgehead atoms. The minimum atomic E-state index is -3.72. The number of benzene rings is 1. The Morgan fingerprint density at radius 2 is 1.95 bits per heavy atom. The van der Waals surface area contributed by atoms with Crippen LogP contribution in [0.4, 0.5) is 0 Å². The van der Waals surface area contributed by atoms with Crippen LogP contribution in [0.25, 0.3) is 0 Å². The first kappa shape index (κ1) is 16.5. The van der Waals surface area contributed by atoms with Crippen molar-refractivity contribution in [3.05, 3.63) is 28.8 Å². The van der Waals surface area contributed by atoms with Gasteiger partial charge < -0.3 is 14.6 Å². The van der Waals surface area contributed by atoms with E-state index in [2.05, 4.69) is 22.5 Å². The molecule has 0 aromatic heterocycles. The molecule has 0 radical (unpaired) electrons. The molecule has 0 aliphatic carbocycles. The second kappa shape index (κ2) is 6.27. The fourth-order valence-electron chi connectivity index (χ4n) is 1.57. The van der Waals surface area contributed by atoms with Gasteiger partial charge in [0.25, 0.3) is 0 Å². The minimum Gasteiger partial charge on any atom is -0.493 e. The Morgan fingerprint density at radius 3 is 2.35 bits per heavy atom. The monoisotopic (exact) mass is 364 g/mol. The minimum absolute atomic E-state index is 0.0309. The van der Waals surface area contributed by atoms with Crippen LogP contribution in [0.1, 0.15) is 10.4 Å². The third-order valence-electron chi connectivity index (χ3n) is 2.39. The van der Waals surface area contributed by atoms with Crippen molar-refractivity contribution in [2.45, 2.75) is 4.90 Å². The number of aromatic carboxylic acids is 1. The summed E-state index contributed by atoms with van der Waals surface area (Å²) in [6.07, 6.45) is 0. The molecule has 8 heteroatoms. The van der Waals surface area contributed by atoms with Gasteiger partial charge in [-0.15, -0.1) is 0 Å². The lowest BCUT2D eigenvalue weighted by Crippen LogP contribution is -2.10. The number of carbonyl (C=O) groups is 1. The quantitative estimate of drug-likeness (QED) is 0.830. The Bertz CT molecular complexity index is 650. The van der Waals surface area contributed by atoms with Gasteiger partial charge in [-0.05, 0) is 6.07 Å². The van der Waals surface area contributed by atoms with E-state index in [1.54, 1.807) is 0 Å². The first-order valence-electron chi connectivity index (χ1n) is 5.28. The highest BCUT2D eigenvalue weighted by Gasteiger charge is 2.24. The first-order chi connectivity index (χ1) is 9.22. The molecule has 0 saturated heterocycles. The zero-order chi connectivity index (χ0) is 15.5. The lowest BCUT2D eigenvalue weighted by Gasteiger charge is -2.13. The van der Waals surface area contributed by atoms with Crippen LogP contribution in [0, 0.1) is 0 Å². The highest BCUT2D eigenvalue weighted by atomic mass is 79.9. The van der Waals surface area contributed by atoms with Crippen molar-refractivity contribution in [3.8, 4) is 11.5 Å². The van der Waals surface area contributed by atoms with Gasteiger partial charge in [-0.3, -0.25) is 0 Å². The lowest BCUT2D eigenvalue weighted by molar-refractivity contribution is 0.0692. The van der Waals surface area contributed by atoms with E-state index in [4.69, 9.17) is 14.6 Å². The number of carboxylic acids is 1. The molecule has 1 aromatic rings. The maximum atomic E-state index is 12.1. The van der Waals surface area contributed by atoms with Gasteiger partial charge in [-0.2, -0.15) is 0 Å². The Morgan fingerprint density at radius 1 is 1.35 bits per heavy atom. The van der Waals surface area contributed by atoms with Gasteiger partial charge in [0.05, 0.1) is 24.9 Å². The van der Waals surface area contributed by atoms with Crippen LogP contribution in [0.3, 0.4) is 0 Å². The van der Waals surface area contributed by atoms with E-state index in [-0.39, 0.29) is 32.2 Å². The summed E-state index contributed by atoms with van der Waals surface area (Å²) in [5.41, 5.74) is -0.286. The molecule has 0 saturated carbocycles. The van der Waals surface area contributed by atoms with E-state index in [9.17, 15) is 13.2 Å². The predicted octanol–water partition coefficient (Wildman–Crippen LogP) is 2.08. The summed E-state index contributed by atoms with van der Waals surface area (Å²) < 4.78 is 34.4. The normalized spacial score (nSPS) is 10.9. The zero-order valence-corrected chi connectivity index (χ0v) is 13.2. The van der Waals surface area contributed by atoms with E-state index in [0.29, 0.717) is 0 Å². The predicted molar refractivity (Wildman–Crippen MR) is 76.6 cm³/mol. The van der Waals surface area contributed by atoms with Crippen molar-refractivity contribution in [1.82, 2.24) is 0 Å². The molecule has 6 nitrogen and oxygen atoms in total. The maximum Gasteiger partial charge on any atom is 0.339 e. The van der Waals surface area contributed by atoms with E-state index in [1.165, 1.54) is 20.3 Å². The SMILES string of the molecule is C=C(Br)CS(=O)(=O)c1cc(OC)c(OC)c(C(=O)O)c1. The van der Waals surface area contributed by atoms with Crippen molar-refractivity contribution in [3.63, 3.8) is 0 Å². The molecule has 1 N–H and O–H groups in total. The largest absolute Gasteiger partial charge is 0.493 e. The number of sulfone groups is 1. The van der Waals surface area contributed by atoms with E-state index >= 15 is 0 Å². The van der Waals surface area contributed by atoms with Crippen LogP contribution in [0.15, 0.2) is 28.1 Å². The molecule has 1 rings (SSSR count). The average Bonchev–Trinajstić information content (AvgIpc) is 2.35. The van der Waals surface area contributed by atoms with Crippen molar-refractivity contribution < 1.29 is 27.8 Å². The van der Waals surface area contributed by atoms with Crippen LogP contribution >= 0.6 is 15.9 Å². The molecule has 0 amide bonds. The van der Waals surface area contributed by atoms with Crippen molar-refractivity contribution in [1.29, 1.82) is 0 Å². The van der Waals surface area contributed by atoms with Gasteiger partial charge in [0.2, 0.25) is 0 Å². The van der Waals surface area contributed by atoms with Crippen molar-refractivity contribution >= 4 is 31.7 Å². The molecular formula is C12H13BrO6S. The Kier molecular flexibility index (Phi) is 5.18. The lowest BCUT2D eigenvalue weighted by atomic mass is 10.2. The van der Waals surface area contributed by atoms with Crippen LogP contribution in [-0.2, 0) is 9.84 Å². The third kappa shape index (κ3) is 3.51. The van der Waals surface area contributed by atoms with Crippen LogP contribution in [-0.4, -0.2) is 39.5 Å². The van der Waals surface area contributed by atoms with Crippen molar-refractivity contribution in [2.75, 3.05) is 20.0 Å². The van der Waals surface area contributed by atoms with Gasteiger partial charge in [0.1, 0.15) is 5.56 Å².